The molecule has 2 N–H and O–H groups in total. The first-order valence-corrected chi connectivity index (χ1v) is 10.4. The van der Waals surface area contributed by atoms with Crippen LogP contribution in [0.3, 0.4) is 0 Å². The van der Waals surface area contributed by atoms with Crippen molar-refractivity contribution in [2.45, 2.75) is 38.4 Å². The predicted octanol–water partition coefficient (Wildman–Crippen LogP) is 3.35. The first-order valence-electron chi connectivity index (χ1n) is 9.64. The van der Waals surface area contributed by atoms with Crippen LogP contribution in [-0.2, 0) is 11.3 Å². The summed E-state index contributed by atoms with van der Waals surface area (Å²) >= 11 is 3.35. The minimum absolute atomic E-state index is 0.108. The van der Waals surface area contributed by atoms with Gasteiger partial charge in [0.2, 0.25) is 5.91 Å². The van der Waals surface area contributed by atoms with Gasteiger partial charge in [-0.25, -0.2) is 0 Å². The average molecular weight is 444 g/mol. The molecule has 1 heterocycles. The maximum atomic E-state index is 12.5. The number of carbonyl (C=O) groups excluding carboxylic acids is 2. The second kappa shape index (κ2) is 9.85. The molecule has 6 heteroatoms. The molecule has 0 bridgehead atoms. The molecule has 3 rings (SSSR count). The summed E-state index contributed by atoms with van der Waals surface area (Å²) in [5, 5.41) is 5.87. The zero-order valence-electron chi connectivity index (χ0n) is 16.0. The van der Waals surface area contributed by atoms with Gasteiger partial charge in [-0.3, -0.25) is 14.5 Å². The summed E-state index contributed by atoms with van der Waals surface area (Å²) in [7, 11) is 0. The lowest BCUT2D eigenvalue weighted by Gasteiger charge is -2.33. The average Bonchev–Trinajstić information content (AvgIpc) is 2.69. The molecule has 0 radical (unpaired) electrons. The summed E-state index contributed by atoms with van der Waals surface area (Å²) in [6.45, 7) is 4.48. The summed E-state index contributed by atoms with van der Waals surface area (Å²) < 4.78 is 0.909. The Labute approximate surface area is 174 Å². The van der Waals surface area contributed by atoms with E-state index in [4.69, 9.17) is 0 Å². The van der Waals surface area contributed by atoms with Crippen LogP contribution in [0.15, 0.2) is 59.1 Å². The van der Waals surface area contributed by atoms with E-state index in [1.165, 1.54) is 5.56 Å². The molecule has 1 fully saturated rings. The van der Waals surface area contributed by atoms with Gasteiger partial charge in [0.15, 0.2) is 0 Å². The van der Waals surface area contributed by atoms with Gasteiger partial charge in [0.05, 0.1) is 0 Å². The minimum Gasteiger partial charge on any atom is -0.350 e. The van der Waals surface area contributed by atoms with Crippen LogP contribution in [0.1, 0.15) is 35.7 Å². The Morgan fingerprint density at radius 2 is 1.86 bits per heavy atom. The third-order valence-electron chi connectivity index (χ3n) is 4.95. The predicted molar refractivity (Wildman–Crippen MR) is 114 cm³/mol. The Morgan fingerprint density at radius 1 is 1.14 bits per heavy atom. The van der Waals surface area contributed by atoms with Crippen molar-refractivity contribution < 1.29 is 9.59 Å². The second-order valence-corrected chi connectivity index (χ2v) is 8.19. The largest absolute Gasteiger partial charge is 0.350 e. The summed E-state index contributed by atoms with van der Waals surface area (Å²) in [4.78, 5) is 27.2. The van der Waals surface area contributed by atoms with E-state index < -0.39 is 6.04 Å². The highest BCUT2D eigenvalue weighted by Crippen LogP contribution is 2.14. The molecule has 0 unspecified atom stereocenters. The number of piperidine rings is 1. The van der Waals surface area contributed by atoms with Crippen LogP contribution in [0.25, 0.3) is 0 Å². The van der Waals surface area contributed by atoms with E-state index in [1.807, 2.05) is 30.3 Å². The number of hydrogen-bond donors (Lipinski definition) is 2. The molecule has 0 aliphatic carbocycles. The SMILES string of the molecule is C[C@H](NC(=O)c1ccc(Br)cc1)C(=O)N[C@H]1CCCN(Cc2ccccc2)C1. The van der Waals surface area contributed by atoms with E-state index in [2.05, 4.69) is 43.6 Å². The normalized spacial score (nSPS) is 18.3. The van der Waals surface area contributed by atoms with E-state index in [1.54, 1.807) is 19.1 Å². The zero-order valence-corrected chi connectivity index (χ0v) is 17.6. The lowest BCUT2D eigenvalue weighted by Crippen LogP contribution is -2.52. The molecular formula is C22H26BrN3O2. The summed E-state index contributed by atoms with van der Waals surface area (Å²) in [6, 6.07) is 17.0. The Morgan fingerprint density at radius 3 is 2.57 bits per heavy atom. The molecular weight excluding hydrogens is 418 g/mol. The Bertz CT molecular complexity index is 795. The summed E-state index contributed by atoms with van der Waals surface area (Å²) in [5.74, 6) is -0.387. The molecule has 28 heavy (non-hydrogen) atoms. The van der Waals surface area contributed by atoms with Crippen molar-refractivity contribution in [2.75, 3.05) is 13.1 Å². The molecule has 1 aliphatic heterocycles. The maximum Gasteiger partial charge on any atom is 0.251 e. The van der Waals surface area contributed by atoms with Gasteiger partial charge in [-0.15, -0.1) is 0 Å². The molecule has 1 saturated heterocycles. The molecule has 0 spiro atoms. The van der Waals surface area contributed by atoms with E-state index in [0.717, 1.165) is 36.9 Å². The van der Waals surface area contributed by atoms with E-state index in [-0.39, 0.29) is 17.9 Å². The molecule has 1 aliphatic rings. The van der Waals surface area contributed by atoms with Crippen molar-refractivity contribution in [3.63, 3.8) is 0 Å². The van der Waals surface area contributed by atoms with E-state index in [0.29, 0.717) is 5.56 Å². The van der Waals surface area contributed by atoms with Crippen molar-refractivity contribution in [2.24, 2.45) is 0 Å². The van der Waals surface area contributed by atoms with Crippen molar-refractivity contribution in [3.05, 3.63) is 70.2 Å². The number of benzene rings is 2. The maximum absolute atomic E-state index is 12.5. The van der Waals surface area contributed by atoms with Gasteiger partial charge in [0.25, 0.3) is 5.91 Å². The van der Waals surface area contributed by atoms with Gasteiger partial charge in [0, 0.05) is 29.2 Å². The molecule has 2 amide bonds. The van der Waals surface area contributed by atoms with Gasteiger partial charge < -0.3 is 10.6 Å². The minimum atomic E-state index is -0.583. The monoisotopic (exact) mass is 443 g/mol. The quantitative estimate of drug-likeness (QED) is 0.719. The fraction of sp³-hybridized carbons (Fsp3) is 0.364. The zero-order chi connectivity index (χ0) is 19.9. The van der Waals surface area contributed by atoms with Gasteiger partial charge in [-0.2, -0.15) is 0 Å². The smallest absolute Gasteiger partial charge is 0.251 e. The molecule has 2 aromatic rings. The second-order valence-electron chi connectivity index (χ2n) is 7.27. The van der Waals surface area contributed by atoms with Crippen LogP contribution in [0.5, 0.6) is 0 Å². The molecule has 5 nitrogen and oxygen atoms in total. The highest BCUT2D eigenvalue weighted by Gasteiger charge is 2.24. The first-order chi connectivity index (χ1) is 13.5. The molecule has 2 atom stereocenters. The number of carbonyl (C=O) groups is 2. The molecule has 0 aromatic heterocycles. The van der Waals surface area contributed by atoms with Crippen LogP contribution in [0.4, 0.5) is 0 Å². The topological polar surface area (TPSA) is 61.4 Å². The third kappa shape index (κ3) is 5.91. The van der Waals surface area contributed by atoms with Gasteiger partial charge in [-0.05, 0) is 56.1 Å². The number of hydrogen-bond acceptors (Lipinski definition) is 3. The fourth-order valence-electron chi connectivity index (χ4n) is 3.43. The fourth-order valence-corrected chi connectivity index (χ4v) is 3.70. The molecule has 2 aromatic carbocycles. The van der Waals surface area contributed by atoms with Crippen LogP contribution in [-0.4, -0.2) is 41.9 Å². The number of nitrogens with one attached hydrogen (secondary N) is 2. The van der Waals surface area contributed by atoms with E-state index >= 15 is 0 Å². The third-order valence-corrected chi connectivity index (χ3v) is 5.48. The van der Waals surface area contributed by atoms with Crippen LogP contribution >= 0.6 is 15.9 Å². The van der Waals surface area contributed by atoms with Crippen LogP contribution in [0, 0.1) is 0 Å². The first kappa shape index (κ1) is 20.6. The number of rotatable bonds is 6. The van der Waals surface area contributed by atoms with Crippen molar-refractivity contribution in [1.29, 1.82) is 0 Å². The van der Waals surface area contributed by atoms with Gasteiger partial charge >= 0.3 is 0 Å². The lowest BCUT2D eigenvalue weighted by molar-refractivity contribution is -0.123. The number of halogens is 1. The van der Waals surface area contributed by atoms with E-state index in [9.17, 15) is 9.59 Å². The van der Waals surface area contributed by atoms with Crippen LogP contribution in [0.2, 0.25) is 0 Å². The molecule has 0 saturated carbocycles. The highest BCUT2D eigenvalue weighted by atomic mass is 79.9. The number of amides is 2. The summed E-state index contributed by atoms with van der Waals surface area (Å²) in [6.07, 6.45) is 2.02. The van der Waals surface area contributed by atoms with Crippen molar-refractivity contribution in [3.8, 4) is 0 Å². The van der Waals surface area contributed by atoms with Gasteiger partial charge in [0.1, 0.15) is 6.04 Å². The Hall–Kier alpha value is -2.18. The lowest BCUT2D eigenvalue weighted by atomic mass is 10.0. The van der Waals surface area contributed by atoms with Crippen molar-refractivity contribution >= 4 is 27.7 Å². The number of nitrogens with zero attached hydrogens (tertiary/aromatic N) is 1. The van der Waals surface area contributed by atoms with Crippen molar-refractivity contribution in [1.82, 2.24) is 15.5 Å². The summed E-state index contributed by atoms with van der Waals surface area (Å²) in [5.41, 5.74) is 1.82. The van der Waals surface area contributed by atoms with Gasteiger partial charge in [-0.1, -0.05) is 46.3 Å². The Balaban J connectivity index is 1.49. The molecule has 148 valence electrons. The number of likely N-dealkylation sites (tertiary alicyclic amines) is 1. The Kier molecular flexibility index (Phi) is 7.23. The van der Waals surface area contributed by atoms with Crippen LogP contribution < -0.4 is 10.6 Å². The standard InChI is InChI=1S/C22H26BrN3O2/c1-16(24-22(28)18-9-11-19(23)12-10-18)21(27)25-20-8-5-13-26(15-20)14-17-6-3-2-4-7-17/h2-4,6-7,9-12,16,20H,5,8,13-15H2,1H3,(H,24,28)(H,25,27)/t16-,20-/m0/s1. The highest BCUT2D eigenvalue weighted by molar-refractivity contribution is 9.10.